The summed E-state index contributed by atoms with van der Waals surface area (Å²) in [6, 6.07) is 3.54. The van der Waals surface area contributed by atoms with Crippen molar-refractivity contribution in [1.82, 2.24) is 9.88 Å². The number of amides is 1. The molecule has 1 saturated carbocycles. The van der Waals surface area contributed by atoms with E-state index >= 15 is 0 Å². The molecule has 2 rings (SSSR count). The zero-order valence-corrected chi connectivity index (χ0v) is 9.72. The van der Waals surface area contributed by atoms with Gasteiger partial charge in [0.25, 0.3) is 5.91 Å². The molecule has 1 aliphatic rings. The third-order valence-corrected chi connectivity index (χ3v) is 3.29. The van der Waals surface area contributed by atoms with E-state index in [-0.39, 0.29) is 17.9 Å². The van der Waals surface area contributed by atoms with Gasteiger partial charge < -0.3 is 15.0 Å². The molecule has 92 valence electrons. The predicted molar refractivity (Wildman–Crippen MR) is 61.6 cm³/mol. The molecule has 1 aromatic heterocycles. The number of nitrogens with zero attached hydrogens (tertiary/aromatic N) is 1. The lowest BCUT2D eigenvalue weighted by atomic mass is 10.1. The van der Waals surface area contributed by atoms with Gasteiger partial charge in [-0.05, 0) is 31.4 Å². The van der Waals surface area contributed by atoms with Gasteiger partial charge in [0, 0.05) is 19.3 Å². The SMILES string of the molecule is Cn1cccc1C(=O)N[C@@H]1CC[C@H](C(=O)O)C1. The van der Waals surface area contributed by atoms with E-state index in [1.165, 1.54) is 0 Å². The first-order valence-electron chi connectivity index (χ1n) is 5.73. The van der Waals surface area contributed by atoms with E-state index in [9.17, 15) is 9.59 Å². The molecule has 0 bridgehead atoms. The molecule has 1 heterocycles. The Bertz CT molecular complexity index is 439. The van der Waals surface area contributed by atoms with Crippen molar-refractivity contribution in [2.75, 3.05) is 0 Å². The minimum atomic E-state index is -0.763. The molecule has 0 aliphatic heterocycles. The standard InChI is InChI=1S/C12H16N2O3/c1-14-6-2-3-10(14)11(15)13-9-5-4-8(7-9)12(16)17/h2-3,6,8-9H,4-5,7H2,1H3,(H,13,15)(H,16,17)/t8-,9+/m0/s1. The molecular weight excluding hydrogens is 220 g/mol. The molecule has 2 N–H and O–H groups in total. The van der Waals surface area contributed by atoms with Crippen molar-refractivity contribution in [2.24, 2.45) is 13.0 Å². The van der Waals surface area contributed by atoms with Gasteiger partial charge in [0.15, 0.2) is 0 Å². The normalized spacial score (nSPS) is 23.6. The average Bonchev–Trinajstić information content (AvgIpc) is 2.86. The number of aliphatic carboxylic acids is 1. The van der Waals surface area contributed by atoms with Crippen molar-refractivity contribution in [1.29, 1.82) is 0 Å². The number of carbonyl (C=O) groups is 2. The van der Waals surface area contributed by atoms with Gasteiger partial charge in [0.2, 0.25) is 0 Å². The minimum Gasteiger partial charge on any atom is -0.481 e. The second kappa shape index (κ2) is 4.61. The van der Waals surface area contributed by atoms with E-state index in [1.807, 2.05) is 19.3 Å². The third-order valence-electron chi connectivity index (χ3n) is 3.29. The van der Waals surface area contributed by atoms with Crippen LogP contribution in [-0.2, 0) is 11.8 Å². The number of carboxylic acids is 1. The summed E-state index contributed by atoms with van der Waals surface area (Å²) >= 11 is 0. The highest BCUT2D eigenvalue weighted by Gasteiger charge is 2.30. The van der Waals surface area contributed by atoms with Crippen LogP contribution in [0.15, 0.2) is 18.3 Å². The predicted octanol–water partition coefficient (Wildman–Crippen LogP) is 1.01. The molecule has 1 amide bonds. The molecule has 1 aromatic rings. The van der Waals surface area contributed by atoms with Crippen LogP contribution in [0.1, 0.15) is 29.8 Å². The molecule has 2 atom stereocenters. The molecule has 0 aromatic carbocycles. The van der Waals surface area contributed by atoms with Gasteiger partial charge in [-0.2, -0.15) is 0 Å². The van der Waals surface area contributed by atoms with E-state index in [0.29, 0.717) is 18.5 Å². The van der Waals surface area contributed by atoms with Crippen LogP contribution >= 0.6 is 0 Å². The van der Waals surface area contributed by atoms with E-state index in [0.717, 1.165) is 6.42 Å². The molecule has 1 fully saturated rings. The zero-order chi connectivity index (χ0) is 12.4. The maximum absolute atomic E-state index is 11.9. The van der Waals surface area contributed by atoms with Crippen LogP contribution in [0.25, 0.3) is 0 Å². The summed E-state index contributed by atoms with van der Waals surface area (Å²) < 4.78 is 1.75. The first kappa shape index (κ1) is 11.7. The summed E-state index contributed by atoms with van der Waals surface area (Å²) in [4.78, 5) is 22.7. The number of aryl methyl sites for hydroxylation is 1. The summed E-state index contributed by atoms with van der Waals surface area (Å²) in [5, 5.41) is 11.8. The molecule has 1 aliphatic carbocycles. The summed E-state index contributed by atoms with van der Waals surface area (Å²) in [6.07, 6.45) is 3.73. The van der Waals surface area contributed by atoms with Gasteiger partial charge in [-0.25, -0.2) is 0 Å². The smallest absolute Gasteiger partial charge is 0.306 e. The van der Waals surface area contributed by atoms with Gasteiger partial charge in [-0.3, -0.25) is 9.59 Å². The van der Waals surface area contributed by atoms with Crippen molar-refractivity contribution in [2.45, 2.75) is 25.3 Å². The van der Waals surface area contributed by atoms with Crippen LogP contribution in [0, 0.1) is 5.92 Å². The van der Waals surface area contributed by atoms with Crippen molar-refractivity contribution in [3.05, 3.63) is 24.0 Å². The molecule has 5 nitrogen and oxygen atoms in total. The Morgan fingerprint density at radius 3 is 2.76 bits per heavy atom. The second-order valence-electron chi connectivity index (χ2n) is 4.52. The molecule has 5 heteroatoms. The van der Waals surface area contributed by atoms with Gasteiger partial charge in [-0.15, -0.1) is 0 Å². The van der Waals surface area contributed by atoms with Gasteiger partial charge in [-0.1, -0.05) is 0 Å². The van der Waals surface area contributed by atoms with Gasteiger partial charge >= 0.3 is 5.97 Å². The summed E-state index contributed by atoms with van der Waals surface area (Å²) in [5.41, 5.74) is 0.601. The maximum Gasteiger partial charge on any atom is 0.306 e. The molecular formula is C12H16N2O3. The van der Waals surface area contributed by atoms with Crippen molar-refractivity contribution >= 4 is 11.9 Å². The van der Waals surface area contributed by atoms with Gasteiger partial charge in [0.1, 0.15) is 5.69 Å². The summed E-state index contributed by atoms with van der Waals surface area (Å²) in [6.45, 7) is 0. The fourth-order valence-electron chi connectivity index (χ4n) is 2.29. The first-order chi connectivity index (χ1) is 8.08. The Labute approximate surface area is 99.4 Å². The topological polar surface area (TPSA) is 71.3 Å². The Kier molecular flexibility index (Phi) is 3.17. The third kappa shape index (κ3) is 2.49. The molecule has 0 saturated heterocycles. The molecule has 17 heavy (non-hydrogen) atoms. The fraction of sp³-hybridized carbons (Fsp3) is 0.500. The van der Waals surface area contributed by atoms with Crippen LogP contribution < -0.4 is 5.32 Å². The van der Waals surface area contributed by atoms with E-state index in [2.05, 4.69) is 5.32 Å². The largest absolute Gasteiger partial charge is 0.481 e. The molecule has 0 spiro atoms. The van der Waals surface area contributed by atoms with Crippen LogP contribution in [0.5, 0.6) is 0 Å². The van der Waals surface area contributed by atoms with Crippen LogP contribution in [-0.4, -0.2) is 27.6 Å². The highest BCUT2D eigenvalue weighted by atomic mass is 16.4. The lowest BCUT2D eigenvalue weighted by molar-refractivity contribution is -0.141. The Morgan fingerprint density at radius 2 is 2.24 bits per heavy atom. The number of rotatable bonds is 3. The lowest BCUT2D eigenvalue weighted by Crippen LogP contribution is -2.34. The Morgan fingerprint density at radius 1 is 1.47 bits per heavy atom. The van der Waals surface area contributed by atoms with E-state index in [1.54, 1.807) is 10.6 Å². The highest BCUT2D eigenvalue weighted by molar-refractivity contribution is 5.93. The van der Waals surface area contributed by atoms with Crippen LogP contribution in [0.3, 0.4) is 0 Å². The van der Waals surface area contributed by atoms with Crippen molar-refractivity contribution in [3.8, 4) is 0 Å². The number of nitrogens with one attached hydrogen (secondary N) is 1. The van der Waals surface area contributed by atoms with Crippen molar-refractivity contribution in [3.63, 3.8) is 0 Å². The maximum atomic E-state index is 11.9. The first-order valence-corrected chi connectivity index (χ1v) is 5.73. The van der Waals surface area contributed by atoms with E-state index < -0.39 is 5.97 Å². The zero-order valence-electron chi connectivity index (χ0n) is 9.72. The van der Waals surface area contributed by atoms with Crippen molar-refractivity contribution < 1.29 is 14.7 Å². The monoisotopic (exact) mass is 236 g/mol. The second-order valence-corrected chi connectivity index (χ2v) is 4.52. The summed E-state index contributed by atoms with van der Waals surface area (Å²) in [7, 11) is 1.81. The Hall–Kier alpha value is -1.78. The quantitative estimate of drug-likeness (QED) is 0.822. The van der Waals surface area contributed by atoms with Crippen LogP contribution in [0.2, 0.25) is 0 Å². The number of hydrogen-bond acceptors (Lipinski definition) is 2. The number of hydrogen-bond donors (Lipinski definition) is 2. The molecule has 0 unspecified atom stereocenters. The fourth-order valence-corrected chi connectivity index (χ4v) is 2.29. The number of aromatic nitrogens is 1. The number of carboxylic acid groups (broad SMARTS) is 1. The average molecular weight is 236 g/mol. The highest BCUT2D eigenvalue weighted by Crippen LogP contribution is 2.25. The lowest BCUT2D eigenvalue weighted by Gasteiger charge is -2.12. The molecule has 0 radical (unpaired) electrons. The summed E-state index contributed by atoms with van der Waals surface area (Å²) in [5.74, 6) is -1.21. The minimum absolute atomic E-state index is 0.0153. The van der Waals surface area contributed by atoms with E-state index in [4.69, 9.17) is 5.11 Å². The van der Waals surface area contributed by atoms with Crippen LogP contribution in [0.4, 0.5) is 0 Å². The Balaban J connectivity index is 1.93. The number of carbonyl (C=O) groups excluding carboxylic acids is 1. The van der Waals surface area contributed by atoms with Gasteiger partial charge in [0.05, 0.1) is 5.92 Å².